The van der Waals surface area contributed by atoms with Crippen molar-refractivity contribution in [2.24, 2.45) is 5.92 Å². The van der Waals surface area contributed by atoms with E-state index in [1.165, 1.54) is 23.5 Å². The highest BCUT2D eigenvalue weighted by molar-refractivity contribution is 7.98. The molecule has 0 rings (SSSR count). The number of carbonyl (C=O) groups excluding carboxylic acids is 2. The quantitative estimate of drug-likeness (QED) is 0.263. The van der Waals surface area contributed by atoms with Gasteiger partial charge in [-0.1, -0.05) is 32.1 Å². The van der Waals surface area contributed by atoms with Crippen molar-refractivity contribution in [3.63, 3.8) is 0 Å². The van der Waals surface area contributed by atoms with E-state index in [1.807, 2.05) is 12.5 Å². The molecule has 0 aromatic carbocycles. The number of carbonyl (C=O) groups is 2. The molecule has 0 aliphatic heterocycles. The Bertz CT molecular complexity index is 285. The molecular weight excluding hydrogens is 312 g/mol. The largest absolute Gasteiger partial charge is 0.454 e. The molecule has 0 bridgehead atoms. The summed E-state index contributed by atoms with van der Waals surface area (Å²) in [6.45, 7) is 6.83. The van der Waals surface area contributed by atoms with Crippen LogP contribution < -0.4 is 0 Å². The van der Waals surface area contributed by atoms with Crippen LogP contribution in [0.15, 0.2) is 0 Å². The van der Waals surface area contributed by atoms with Crippen molar-refractivity contribution in [2.45, 2.75) is 38.5 Å². The third kappa shape index (κ3) is 9.71. The maximum Gasteiger partial charge on any atom is 0.321 e. The Labute approximate surface area is 131 Å². The molecule has 118 valence electrons. The van der Waals surface area contributed by atoms with E-state index < -0.39 is 25.9 Å². The highest BCUT2D eigenvalue weighted by Gasteiger charge is 2.30. The smallest absolute Gasteiger partial charge is 0.321 e. The number of thioether (sulfide) groups is 2. The van der Waals surface area contributed by atoms with E-state index in [4.69, 9.17) is 9.47 Å². The van der Waals surface area contributed by atoms with Gasteiger partial charge >= 0.3 is 11.9 Å². The minimum atomic E-state index is -1.16. The normalized spacial score (nSPS) is 11.5. The molecule has 0 aromatic heterocycles. The van der Waals surface area contributed by atoms with Crippen LogP contribution in [0.3, 0.4) is 0 Å². The predicted octanol–water partition coefficient (Wildman–Crippen LogP) is 3.45. The molecule has 0 atom stereocenters. The van der Waals surface area contributed by atoms with Gasteiger partial charge in [0.15, 0.2) is 5.92 Å². The Balaban J connectivity index is 4.45. The molecule has 7 heteroatoms. The Morgan fingerprint density at radius 1 is 1.00 bits per heavy atom. The molecular formula is C13H26O4S2Si. The van der Waals surface area contributed by atoms with E-state index in [0.29, 0.717) is 6.42 Å². The fourth-order valence-corrected chi connectivity index (χ4v) is 3.34. The lowest BCUT2D eigenvalue weighted by atomic mass is 10.0. The second-order valence-electron chi connectivity index (χ2n) is 5.75. The van der Waals surface area contributed by atoms with E-state index in [0.717, 1.165) is 12.5 Å². The summed E-state index contributed by atoms with van der Waals surface area (Å²) >= 11 is 2.83. The minimum Gasteiger partial charge on any atom is -0.454 e. The predicted molar refractivity (Wildman–Crippen MR) is 89.8 cm³/mol. The van der Waals surface area contributed by atoms with E-state index in [-0.39, 0.29) is 11.9 Å². The number of hydrogen-bond acceptors (Lipinski definition) is 6. The van der Waals surface area contributed by atoms with Crippen LogP contribution >= 0.6 is 23.5 Å². The Kier molecular flexibility index (Phi) is 10.5. The zero-order valence-corrected chi connectivity index (χ0v) is 15.7. The van der Waals surface area contributed by atoms with Gasteiger partial charge < -0.3 is 9.47 Å². The highest BCUT2D eigenvalue weighted by Crippen LogP contribution is 2.19. The zero-order valence-electron chi connectivity index (χ0n) is 13.1. The van der Waals surface area contributed by atoms with Crippen LogP contribution in [-0.4, -0.2) is 44.4 Å². The molecule has 0 saturated heterocycles. The van der Waals surface area contributed by atoms with Crippen LogP contribution in [0.2, 0.25) is 25.7 Å². The number of ether oxygens (including phenoxy) is 2. The first-order chi connectivity index (χ1) is 9.31. The Morgan fingerprint density at radius 2 is 1.45 bits per heavy atom. The topological polar surface area (TPSA) is 52.6 Å². The third-order valence-corrected chi connectivity index (χ3v) is 5.19. The van der Waals surface area contributed by atoms with Gasteiger partial charge in [0.05, 0.1) is 0 Å². The number of rotatable bonds is 10. The maximum absolute atomic E-state index is 11.9. The minimum absolute atomic E-state index is 0.277. The van der Waals surface area contributed by atoms with E-state index in [1.54, 1.807) is 0 Å². The van der Waals surface area contributed by atoms with Crippen molar-refractivity contribution in [3.8, 4) is 0 Å². The van der Waals surface area contributed by atoms with Gasteiger partial charge in [0.1, 0.15) is 11.9 Å². The summed E-state index contributed by atoms with van der Waals surface area (Å²) in [6.07, 6.45) is 5.08. The van der Waals surface area contributed by atoms with Gasteiger partial charge in [0, 0.05) is 8.07 Å². The molecule has 0 aliphatic carbocycles. The standard InChI is InChI=1S/C13H26O4S2Si/c1-18-9-16-12(14)11(13(15)17-10-19-2)7-6-8-20(3,4)5/h11H,6-10H2,1-5H3. The van der Waals surface area contributed by atoms with Crippen LogP contribution in [0.25, 0.3) is 0 Å². The highest BCUT2D eigenvalue weighted by atomic mass is 32.2. The zero-order chi connectivity index (χ0) is 15.6. The van der Waals surface area contributed by atoms with Gasteiger partial charge in [0.25, 0.3) is 0 Å². The SMILES string of the molecule is CSCOC(=O)C(CCC[Si](C)(C)C)C(=O)OCSC. The fraction of sp³-hybridized carbons (Fsp3) is 0.846. The molecule has 0 fully saturated rings. The molecule has 0 aliphatic rings. The molecule has 0 unspecified atom stereocenters. The van der Waals surface area contributed by atoms with Crippen LogP contribution in [0, 0.1) is 5.92 Å². The maximum atomic E-state index is 11.9. The second kappa shape index (κ2) is 10.6. The monoisotopic (exact) mass is 338 g/mol. The average molecular weight is 339 g/mol. The van der Waals surface area contributed by atoms with Crippen LogP contribution in [0.5, 0.6) is 0 Å². The van der Waals surface area contributed by atoms with E-state index in [9.17, 15) is 9.59 Å². The van der Waals surface area contributed by atoms with Crippen molar-refractivity contribution < 1.29 is 19.1 Å². The summed E-state index contributed by atoms with van der Waals surface area (Å²) in [7, 11) is -1.16. The van der Waals surface area contributed by atoms with Gasteiger partial charge in [-0.3, -0.25) is 9.59 Å². The van der Waals surface area contributed by atoms with Crippen molar-refractivity contribution >= 4 is 43.5 Å². The van der Waals surface area contributed by atoms with Crippen molar-refractivity contribution in [2.75, 3.05) is 24.4 Å². The molecule has 0 spiro atoms. The molecule has 0 saturated carbocycles. The summed E-state index contributed by atoms with van der Waals surface area (Å²) in [5, 5.41) is 0. The average Bonchev–Trinajstić information content (AvgIpc) is 2.37. The summed E-state index contributed by atoms with van der Waals surface area (Å²) < 4.78 is 10.1. The lowest BCUT2D eigenvalue weighted by Gasteiger charge is -2.18. The molecule has 0 radical (unpaired) electrons. The van der Waals surface area contributed by atoms with Crippen LogP contribution in [0.4, 0.5) is 0 Å². The Morgan fingerprint density at radius 3 is 1.80 bits per heavy atom. The summed E-state index contributed by atoms with van der Waals surface area (Å²) in [5.41, 5.74) is 0. The van der Waals surface area contributed by atoms with Gasteiger partial charge in [-0.15, -0.1) is 23.5 Å². The van der Waals surface area contributed by atoms with E-state index in [2.05, 4.69) is 19.6 Å². The van der Waals surface area contributed by atoms with Crippen LogP contribution in [-0.2, 0) is 19.1 Å². The van der Waals surface area contributed by atoms with Crippen LogP contribution in [0.1, 0.15) is 12.8 Å². The van der Waals surface area contributed by atoms with Gasteiger partial charge in [-0.2, -0.15) is 0 Å². The first-order valence-corrected chi connectivity index (χ1v) is 13.1. The number of hydrogen-bond donors (Lipinski definition) is 0. The molecule has 20 heavy (non-hydrogen) atoms. The number of esters is 2. The molecule has 0 heterocycles. The molecule has 4 nitrogen and oxygen atoms in total. The summed E-state index contributed by atoms with van der Waals surface area (Å²) in [4.78, 5) is 23.9. The van der Waals surface area contributed by atoms with Crippen molar-refractivity contribution in [1.82, 2.24) is 0 Å². The van der Waals surface area contributed by atoms with Crippen molar-refractivity contribution in [1.29, 1.82) is 0 Å². The lowest BCUT2D eigenvalue weighted by molar-refractivity contribution is -0.160. The second-order valence-corrected chi connectivity index (χ2v) is 13.0. The summed E-state index contributed by atoms with van der Waals surface area (Å²) in [5.74, 6) is -1.13. The Hall–Kier alpha value is -0.143. The lowest BCUT2D eigenvalue weighted by Crippen LogP contribution is -2.29. The first-order valence-electron chi connectivity index (χ1n) is 6.63. The van der Waals surface area contributed by atoms with Crippen molar-refractivity contribution in [3.05, 3.63) is 0 Å². The fourth-order valence-electron chi connectivity index (χ4n) is 1.60. The molecule has 0 amide bonds. The van der Waals surface area contributed by atoms with E-state index >= 15 is 0 Å². The van der Waals surface area contributed by atoms with Gasteiger partial charge in [0.2, 0.25) is 0 Å². The molecule has 0 N–H and O–H groups in total. The van der Waals surface area contributed by atoms with Gasteiger partial charge in [-0.05, 0) is 18.9 Å². The molecule has 0 aromatic rings. The van der Waals surface area contributed by atoms with Gasteiger partial charge in [-0.25, -0.2) is 0 Å². The third-order valence-electron chi connectivity index (χ3n) is 2.63. The summed E-state index contributed by atoms with van der Waals surface area (Å²) in [6, 6.07) is 1.09. The first kappa shape index (κ1) is 19.9.